The van der Waals surface area contributed by atoms with Crippen LogP contribution in [0.4, 0.5) is 16.2 Å². The van der Waals surface area contributed by atoms with Crippen molar-refractivity contribution in [1.82, 2.24) is 15.1 Å². The van der Waals surface area contributed by atoms with Crippen LogP contribution < -0.4 is 25.0 Å². The molecule has 0 bridgehead atoms. The molecule has 3 heterocycles. The Labute approximate surface area is 189 Å². The molecule has 3 aliphatic rings. The van der Waals surface area contributed by atoms with E-state index in [1.165, 1.54) is 16.8 Å². The lowest BCUT2D eigenvalue weighted by Crippen LogP contribution is -2.48. The zero-order valence-electron chi connectivity index (χ0n) is 18.8. The molecule has 2 amide bonds. The number of nitrogens with zero attached hydrogens (tertiary/aromatic N) is 3. The van der Waals surface area contributed by atoms with Crippen LogP contribution in [0.2, 0.25) is 0 Å². The second kappa shape index (κ2) is 8.88. The summed E-state index contributed by atoms with van der Waals surface area (Å²) in [5, 5.41) is 6.01. The van der Waals surface area contributed by atoms with Gasteiger partial charge in [-0.3, -0.25) is 4.90 Å². The fourth-order valence-electron chi connectivity index (χ4n) is 4.72. The molecule has 1 unspecified atom stereocenters. The van der Waals surface area contributed by atoms with Gasteiger partial charge in [0.2, 0.25) is 6.79 Å². The Morgan fingerprint density at radius 2 is 1.81 bits per heavy atom. The molecule has 32 heavy (non-hydrogen) atoms. The third kappa shape index (κ3) is 4.33. The summed E-state index contributed by atoms with van der Waals surface area (Å²) in [4.78, 5) is 19.8. The molecule has 5 rings (SSSR count). The first-order chi connectivity index (χ1) is 15.6. The van der Waals surface area contributed by atoms with E-state index < -0.39 is 0 Å². The highest BCUT2D eigenvalue weighted by atomic mass is 16.7. The van der Waals surface area contributed by atoms with Crippen molar-refractivity contribution < 1.29 is 14.3 Å². The number of urea groups is 1. The van der Waals surface area contributed by atoms with Gasteiger partial charge in [0.1, 0.15) is 0 Å². The summed E-state index contributed by atoms with van der Waals surface area (Å²) < 4.78 is 10.7. The van der Waals surface area contributed by atoms with Crippen LogP contribution in [0, 0.1) is 0 Å². The van der Waals surface area contributed by atoms with Crippen molar-refractivity contribution in [2.24, 2.45) is 0 Å². The maximum atomic E-state index is 12.7. The standard InChI is InChI=1S/C24H31N5O3/c1-27-9-11-29(12-10-27)21(17-3-5-20-18(13-17)7-8-28(20)2)15-25-24(30)26-19-4-6-22-23(14-19)32-16-31-22/h3-6,13-14,21H,7-12,15-16H2,1-2H3,(H2,25,26,30). The molecule has 3 aliphatic heterocycles. The molecule has 2 aromatic rings. The van der Waals surface area contributed by atoms with Crippen LogP contribution in [-0.2, 0) is 6.42 Å². The van der Waals surface area contributed by atoms with Crippen LogP contribution >= 0.6 is 0 Å². The molecule has 1 fully saturated rings. The van der Waals surface area contributed by atoms with Crippen LogP contribution in [0.3, 0.4) is 0 Å². The first-order valence-electron chi connectivity index (χ1n) is 11.3. The number of rotatable bonds is 5. The minimum Gasteiger partial charge on any atom is -0.454 e. The SMILES string of the molecule is CN1CCN(C(CNC(=O)Nc2ccc3c(c2)OCO3)c2ccc3c(c2)CCN3C)CC1. The molecule has 1 atom stereocenters. The Kier molecular flexibility index (Phi) is 5.80. The number of fused-ring (bicyclic) bond motifs is 2. The predicted octanol–water partition coefficient (Wildman–Crippen LogP) is 2.52. The van der Waals surface area contributed by atoms with E-state index in [1.807, 2.05) is 12.1 Å². The minimum absolute atomic E-state index is 0.141. The Hall–Kier alpha value is -2.97. The topological polar surface area (TPSA) is 69.3 Å². The number of benzene rings is 2. The fourth-order valence-corrected chi connectivity index (χ4v) is 4.72. The van der Waals surface area contributed by atoms with Crippen LogP contribution in [0.15, 0.2) is 36.4 Å². The first-order valence-corrected chi connectivity index (χ1v) is 11.3. The highest BCUT2D eigenvalue weighted by Gasteiger charge is 2.26. The number of anilines is 2. The number of carbonyl (C=O) groups excluding carboxylic acids is 1. The Balaban J connectivity index is 1.28. The molecule has 2 aromatic carbocycles. The van der Waals surface area contributed by atoms with Gasteiger partial charge in [0.05, 0.1) is 6.04 Å². The monoisotopic (exact) mass is 437 g/mol. The molecular formula is C24H31N5O3. The third-order valence-corrected chi connectivity index (χ3v) is 6.68. The van der Waals surface area contributed by atoms with E-state index in [0.717, 1.165) is 39.1 Å². The van der Waals surface area contributed by atoms with E-state index in [9.17, 15) is 4.79 Å². The zero-order valence-corrected chi connectivity index (χ0v) is 18.8. The van der Waals surface area contributed by atoms with E-state index in [4.69, 9.17) is 9.47 Å². The van der Waals surface area contributed by atoms with Gasteiger partial charge in [-0.15, -0.1) is 0 Å². The van der Waals surface area contributed by atoms with E-state index in [-0.39, 0.29) is 18.9 Å². The predicted molar refractivity (Wildman–Crippen MR) is 125 cm³/mol. The fraction of sp³-hybridized carbons (Fsp3) is 0.458. The molecule has 0 spiro atoms. The average molecular weight is 438 g/mol. The molecule has 8 heteroatoms. The maximum absolute atomic E-state index is 12.7. The number of hydrogen-bond donors (Lipinski definition) is 2. The normalized spacial score (nSPS) is 19.0. The summed E-state index contributed by atoms with van der Waals surface area (Å²) in [6.45, 7) is 5.88. The average Bonchev–Trinajstić information content (AvgIpc) is 3.41. The maximum Gasteiger partial charge on any atom is 0.319 e. The van der Waals surface area contributed by atoms with Crippen molar-refractivity contribution >= 4 is 17.4 Å². The summed E-state index contributed by atoms with van der Waals surface area (Å²) in [7, 11) is 4.31. The largest absolute Gasteiger partial charge is 0.454 e. The number of amides is 2. The van der Waals surface area contributed by atoms with Crippen LogP contribution in [0.1, 0.15) is 17.2 Å². The van der Waals surface area contributed by atoms with Crippen molar-refractivity contribution in [3.05, 3.63) is 47.5 Å². The number of carbonyl (C=O) groups is 1. The zero-order chi connectivity index (χ0) is 22.1. The summed E-state index contributed by atoms with van der Waals surface area (Å²) in [6.07, 6.45) is 1.08. The van der Waals surface area contributed by atoms with Gasteiger partial charge in [-0.2, -0.15) is 0 Å². The summed E-state index contributed by atoms with van der Waals surface area (Å²) >= 11 is 0. The second-order valence-electron chi connectivity index (χ2n) is 8.82. The van der Waals surface area contributed by atoms with E-state index >= 15 is 0 Å². The number of ether oxygens (including phenoxy) is 2. The summed E-state index contributed by atoms with van der Waals surface area (Å²) in [5.41, 5.74) is 4.67. The lowest BCUT2D eigenvalue weighted by molar-refractivity contribution is 0.111. The highest BCUT2D eigenvalue weighted by molar-refractivity contribution is 5.89. The summed E-state index contributed by atoms with van der Waals surface area (Å²) in [5.74, 6) is 1.36. The van der Waals surface area contributed by atoms with Crippen LogP contribution in [-0.4, -0.2) is 76.0 Å². The van der Waals surface area contributed by atoms with Crippen molar-refractivity contribution in [3.63, 3.8) is 0 Å². The smallest absolute Gasteiger partial charge is 0.319 e. The number of likely N-dealkylation sites (N-methyl/N-ethyl adjacent to an activating group) is 2. The number of nitrogens with one attached hydrogen (secondary N) is 2. The molecular weight excluding hydrogens is 406 g/mol. The van der Waals surface area contributed by atoms with Crippen molar-refractivity contribution in [2.45, 2.75) is 12.5 Å². The molecule has 2 N–H and O–H groups in total. The van der Waals surface area contributed by atoms with Gasteiger partial charge in [0.25, 0.3) is 0 Å². The third-order valence-electron chi connectivity index (χ3n) is 6.68. The lowest BCUT2D eigenvalue weighted by Gasteiger charge is -2.38. The molecule has 8 nitrogen and oxygen atoms in total. The molecule has 0 aromatic heterocycles. The Morgan fingerprint density at radius 1 is 1.00 bits per heavy atom. The van der Waals surface area contributed by atoms with Crippen molar-refractivity contribution in [1.29, 1.82) is 0 Å². The van der Waals surface area contributed by atoms with Gasteiger partial charge in [0.15, 0.2) is 11.5 Å². The van der Waals surface area contributed by atoms with Gasteiger partial charge in [-0.1, -0.05) is 12.1 Å². The van der Waals surface area contributed by atoms with Crippen LogP contribution in [0.5, 0.6) is 11.5 Å². The van der Waals surface area contributed by atoms with E-state index in [1.54, 1.807) is 6.07 Å². The Morgan fingerprint density at radius 3 is 2.66 bits per heavy atom. The van der Waals surface area contributed by atoms with Gasteiger partial charge < -0.3 is 29.9 Å². The molecule has 1 saturated heterocycles. The molecule has 170 valence electrons. The first kappa shape index (κ1) is 20.9. The van der Waals surface area contributed by atoms with Crippen molar-refractivity contribution in [2.75, 3.05) is 70.4 Å². The lowest BCUT2D eigenvalue weighted by atomic mass is 10.00. The Bertz CT molecular complexity index is 990. The number of piperazine rings is 1. The highest BCUT2D eigenvalue weighted by Crippen LogP contribution is 2.34. The quantitative estimate of drug-likeness (QED) is 0.749. The van der Waals surface area contributed by atoms with E-state index in [2.05, 4.69) is 57.6 Å². The molecule has 0 radical (unpaired) electrons. The van der Waals surface area contributed by atoms with E-state index in [0.29, 0.717) is 23.7 Å². The van der Waals surface area contributed by atoms with Crippen molar-refractivity contribution in [3.8, 4) is 11.5 Å². The second-order valence-corrected chi connectivity index (χ2v) is 8.82. The van der Waals surface area contributed by atoms with Gasteiger partial charge in [-0.25, -0.2) is 4.79 Å². The minimum atomic E-state index is -0.219. The van der Waals surface area contributed by atoms with Crippen LogP contribution in [0.25, 0.3) is 0 Å². The van der Waals surface area contributed by atoms with Gasteiger partial charge >= 0.3 is 6.03 Å². The molecule has 0 aliphatic carbocycles. The van der Waals surface area contributed by atoms with Gasteiger partial charge in [-0.05, 0) is 42.8 Å². The molecule has 0 saturated carbocycles. The summed E-state index contributed by atoms with van der Waals surface area (Å²) in [6, 6.07) is 12.1. The number of hydrogen-bond acceptors (Lipinski definition) is 6. The van der Waals surface area contributed by atoms with Gasteiger partial charge in [0, 0.05) is 63.8 Å².